The molecule has 0 aliphatic heterocycles. The van der Waals surface area contributed by atoms with Gasteiger partial charge in [-0.25, -0.2) is 9.59 Å². The zero-order valence-electron chi connectivity index (χ0n) is 14.8. The maximum absolute atomic E-state index is 11.9. The van der Waals surface area contributed by atoms with Crippen LogP contribution in [0.5, 0.6) is 0 Å². The number of nitrogens with one attached hydrogen (secondary N) is 1. The van der Waals surface area contributed by atoms with Crippen LogP contribution in [-0.4, -0.2) is 40.9 Å². The lowest BCUT2D eigenvalue weighted by Crippen LogP contribution is -2.41. The van der Waals surface area contributed by atoms with Gasteiger partial charge in [-0.1, -0.05) is 18.2 Å². The van der Waals surface area contributed by atoms with E-state index < -0.39 is 11.7 Å². The second-order valence-corrected chi connectivity index (χ2v) is 7.33. The maximum Gasteiger partial charge on any atom is 0.407 e. The monoisotopic (exact) mass is 334 g/mol. The standard InChI is InChI=1S/C18H26N2O4/c1-18(2,3)24-16(21)19-15-8-7-13-9-12(5-6-14(13)10-15)11-20(4)17(22)23/h5-6,9,15H,7-8,10-11H2,1-4H3,(H,19,21)(H,22,23). The number of amides is 2. The molecule has 6 nitrogen and oxygen atoms in total. The van der Waals surface area contributed by atoms with Crippen LogP contribution in [0.25, 0.3) is 0 Å². The molecule has 1 aromatic rings. The first-order chi connectivity index (χ1) is 11.1. The van der Waals surface area contributed by atoms with E-state index in [0.717, 1.165) is 24.8 Å². The van der Waals surface area contributed by atoms with E-state index in [1.54, 1.807) is 7.05 Å². The summed E-state index contributed by atoms with van der Waals surface area (Å²) in [6.45, 7) is 5.91. The minimum Gasteiger partial charge on any atom is -0.465 e. The number of hydrogen-bond donors (Lipinski definition) is 2. The number of rotatable bonds is 3. The summed E-state index contributed by atoms with van der Waals surface area (Å²) in [5.41, 5.74) is 2.91. The van der Waals surface area contributed by atoms with Crippen LogP contribution in [0.1, 0.15) is 43.9 Å². The number of carbonyl (C=O) groups is 2. The second kappa shape index (κ2) is 7.11. The van der Waals surface area contributed by atoms with Gasteiger partial charge in [0, 0.05) is 19.6 Å². The van der Waals surface area contributed by atoms with E-state index in [1.165, 1.54) is 16.0 Å². The van der Waals surface area contributed by atoms with Gasteiger partial charge in [-0.2, -0.15) is 0 Å². The van der Waals surface area contributed by atoms with Gasteiger partial charge in [0.15, 0.2) is 0 Å². The van der Waals surface area contributed by atoms with Crippen LogP contribution in [0, 0.1) is 0 Å². The van der Waals surface area contributed by atoms with Gasteiger partial charge < -0.3 is 20.1 Å². The van der Waals surface area contributed by atoms with E-state index in [2.05, 4.69) is 11.4 Å². The summed E-state index contributed by atoms with van der Waals surface area (Å²) in [6.07, 6.45) is 1.17. The van der Waals surface area contributed by atoms with E-state index >= 15 is 0 Å². The van der Waals surface area contributed by atoms with Gasteiger partial charge in [-0.3, -0.25) is 0 Å². The summed E-state index contributed by atoms with van der Waals surface area (Å²) in [4.78, 5) is 24.1. The van der Waals surface area contributed by atoms with Crippen LogP contribution in [0.2, 0.25) is 0 Å². The lowest BCUT2D eigenvalue weighted by Gasteiger charge is -2.28. The number of alkyl carbamates (subject to hydrolysis) is 1. The molecule has 2 amide bonds. The van der Waals surface area contributed by atoms with Crippen molar-refractivity contribution in [1.82, 2.24) is 10.2 Å². The highest BCUT2D eigenvalue weighted by Gasteiger charge is 2.23. The molecule has 1 atom stereocenters. The van der Waals surface area contributed by atoms with Crippen LogP contribution in [0.15, 0.2) is 18.2 Å². The highest BCUT2D eigenvalue weighted by Crippen LogP contribution is 2.23. The van der Waals surface area contributed by atoms with Gasteiger partial charge in [0.2, 0.25) is 0 Å². The fourth-order valence-electron chi connectivity index (χ4n) is 2.85. The van der Waals surface area contributed by atoms with Crippen molar-refractivity contribution >= 4 is 12.2 Å². The third-order valence-electron chi connectivity index (χ3n) is 3.97. The SMILES string of the molecule is CN(Cc1ccc2c(c1)CCC(NC(=O)OC(C)(C)C)C2)C(=O)O. The van der Waals surface area contributed by atoms with E-state index in [9.17, 15) is 9.59 Å². The van der Waals surface area contributed by atoms with Crippen molar-refractivity contribution in [3.63, 3.8) is 0 Å². The van der Waals surface area contributed by atoms with Gasteiger partial charge in [0.1, 0.15) is 5.60 Å². The minimum absolute atomic E-state index is 0.0693. The Balaban J connectivity index is 1.97. The predicted octanol–water partition coefficient (Wildman–Crippen LogP) is 3.18. The number of benzene rings is 1. The maximum atomic E-state index is 11.9. The molecule has 1 aromatic carbocycles. The van der Waals surface area contributed by atoms with Crippen LogP contribution in [0.4, 0.5) is 9.59 Å². The van der Waals surface area contributed by atoms with Crippen molar-refractivity contribution in [2.45, 2.75) is 58.2 Å². The molecule has 0 aromatic heterocycles. The van der Waals surface area contributed by atoms with Crippen LogP contribution < -0.4 is 5.32 Å². The number of carbonyl (C=O) groups excluding carboxylic acids is 1. The zero-order chi connectivity index (χ0) is 17.9. The third-order valence-corrected chi connectivity index (χ3v) is 3.97. The largest absolute Gasteiger partial charge is 0.465 e. The van der Waals surface area contributed by atoms with Crippen molar-refractivity contribution in [2.75, 3.05) is 7.05 Å². The Bertz CT molecular complexity index is 622. The van der Waals surface area contributed by atoms with Gasteiger partial charge in [-0.15, -0.1) is 0 Å². The molecule has 0 spiro atoms. The Morgan fingerprint density at radius 3 is 2.67 bits per heavy atom. The Morgan fingerprint density at radius 2 is 2.04 bits per heavy atom. The molecule has 1 aliphatic carbocycles. The first kappa shape index (κ1) is 18.1. The van der Waals surface area contributed by atoms with Crippen LogP contribution in [0.3, 0.4) is 0 Å². The fourth-order valence-corrected chi connectivity index (χ4v) is 2.85. The molecular weight excluding hydrogens is 308 g/mol. The molecule has 0 heterocycles. The zero-order valence-corrected chi connectivity index (χ0v) is 14.8. The average molecular weight is 334 g/mol. The van der Waals surface area contributed by atoms with Crippen LogP contribution in [-0.2, 0) is 24.1 Å². The molecule has 24 heavy (non-hydrogen) atoms. The predicted molar refractivity (Wildman–Crippen MR) is 91.1 cm³/mol. The smallest absolute Gasteiger partial charge is 0.407 e. The van der Waals surface area contributed by atoms with Gasteiger partial charge in [-0.05, 0) is 56.7 Å². The highest BCUT2D eigenvalue weighted by molar-refractivity contribution is 5.68. The normalized spacial score (nSPS) is 16.9. The fraction of sp³-hybridized carbons (Fsp3) is 0.556. The lowest BCUT2D eigenvalue weighted by molar-refractivity contribution is 0.0500. The number of aryl methyl sites for hydroxylation is 1. The van der Waals surface area contributed by atoms with Gasteiger partial charge >= 0.3 is 12.2 Å². The molecule has 0 radical (unpaired) electrons. The molecule has 0 fully saturated rings. The Kier molecular flexibility index (Phi) is 5.36. The lowest BCUT2D eigenvalue weighted by atomic mass is 9.87. The van der Waals surface area contributed by atoms with E-state index in [1.807, 2.05) is 32.9 Å². The van der Waals surface area contributed by atoms with Crippen LogP contribution >= 0.6 is 0 Å². The molecule has 0 saturated heterocycles. The van der Waals surface area contributed by atoms with Crippen molar-refractivity contribution in [1.29, 1.82) is 0 Å². The topological polar surface area (TPSA) is 78.9 Å². The Labute approximate surface area is 142 Å². The summed E-state index contributed by atoms with van der Waals surface area (Å²) in [7, 11) is 1.56. The summed E-state index contributed by atoms with van der Waals surface area (Å²) >= 11 is 0. The molecule has 2 N–H and O–H groups in total. The van der Waals surface area contributed by atoms with Gasteiger partial charge in [0.25, 0.3) is 0 Å². The minimum atomic E-state index is -0.936. The van der Waals surface area contributed by atoms with Crippen molar-refractivity contribution in [3.8, 4) is 0 Å². The number of nitrogens with zero attached hydrogens (tertiary/aromatic N) is 1. The first-order valence-corrected chi connectivity index (χ1v) is 8.18. The number of fused-ring (bicyclic) bond motifs is 1. The molecule has 0 bridgehead atoms. The molecule has 0 saturated carbocycles. The summed E-state index contributed by atoms with van der Waals surface area (Å²) in [6, 6.07) is 6.12. The summed E-state index contributed by atoms with van der Waals surface area (Å²) in [5.74, 6) is 0. The number of carboxylic acid groups (broad SMARTS) is 1. The molecule has 132 valence electrons. The number of ether oxygens (including phenoxy) is 1. The molecule has 1 aliphatic rings. The molecule has 6 heteroatoms. The quantitative estimate of drug-likeness (QED) is 0.890. The van der Waals surface area contributed by atoms with Crippen molar-refractivity contribution < 1.29 is 19.4 Å². The third kappa shape index (κ3) is 5.15. The summed E-state index contributed by atoms with van der Waals surface area (Å²) < 4.78 is 5.30. The number of hydrogen-bond acceptors (Lipinski definition) is 3. The summed E-state index contributed by atoms with van der Waals surface area (Å²) in [5, 5.41) is 11.9. The average Bonchev–Trinajstić information content (AvgIpc) is 2.45. The van der Waals surface area contributed by atoms with Crippen molar-refractivity contribution in [2.24, 2.45) is 0 Å². The van der Waals surface area contributed by atoms with Crippen molar-refractivity contribution in [3.05, 3.63) is 34.9 Å². The van der Waals surface area contributed by atoms with Gasteiger partial charge in [0.05, 0.1) is 0 Å². The Morgan fingerprint density at radius 1 is 1.33 bits per heavy atom. The first-order valence-electron chi connectivity index (χ1n) is 8.18. The molecule has 1 unspecified atom stereocenters. The van der Waals surface area contributed by atoms with E-state index in [-0.39, 0.29) is 12.1 Å². The Hall–Kier alpha value is -2.24. The second-order valence-electron chi connectivity index (χ2n) is 7.33. The molecule has 2 rings (SSSR count). The van der Waals surface area contributed by atoms with E-state index in [0.29, 0.717) is 6.54 Å². The highest BCUT2D eigenvalue weighted by atomic mass is 16.6. The van der Waals surface area contributed by atoms with E-state index in [4.69, 9.17) is 9.84 Å². The molecular formula is C18H26N2O4.